The summed E-state index contributed by atoms with van der Waals surface area (Å²) < 4.78 is 33.8. The molecule has 7 heteroatoms. The minimum absolute atomic E-state index is 0.0501. The molecule has 1 amide bonds. The summed E-state index contributed by atoms with van der Waals surface area (Å²) >= 11 is 0. The zero-order chi connectivity index (χ0) is 22.9. The van der Waals surface area contributed by atoms with E-state index in [2.05, 4.69) is 17.4 Å². The summed E-state index contributed by atoms with van der Waals surface area (Å²) in [4.78, 5) is 12.7. The molecule has 0 saturated carbocycles. The van der Waals surface area contributed by atoms with Gasteiger partial charge in [-0.15, -0.1) is 0 Å². The molecule has 32 heavy (non-hydrogen) atoms. The summed E-state index contributed by atoms with van der Waals surface area (Å²) in [6.07, 6.45) is 1.57. The Bertz CT molecular complexity index is 972. The van der Waals surface area contributed by atoms with Gasteiger partial charge in [-0.05, 0) is 62.6 Å². The van der Waals surface area contributed by atoms with Gasteiger partial charge in [0.05, 0.1) is 22.8 Å². The minimum Gasteiger partial charge on any atom is -0.396 e. The Morgan fingerprint density at radius 1 is 1.19 bits per heavy atom. The molecule has 0 radical (unpaired) electrons. The van der Waals surface area contributed by atoms with Gasteiger partial charge in [-0.3, -0.25) is 4.79 Å². The number of ether oxygens (including phenoxy) is 1. The molecule has 5 atom stereocenters. The predicted octanol–water partition coefficient (Wildman–Crippen LogP) is 3.69. The van der Waals surface area contributed by atoms with Crippen LogP contribution in [-0.2, 0) is 4.74 Å². The molecule has 3 N–H and O–H groups in total. The summed E-state index contributed by atoms with van der Waals surface area (Å²) in [5.41, 5.74) is -0.732. The van der Waals surface area contributed by atoms with E-state index in [1.54, 1.807) is 0 Å². The van der Waals surface area contributed by atoms with Crippen LogP contribution < -0.4 is 5.32 Å². The maximum Gasteiger partial charge on any atom is 0.254 e. The van der Waals surface area contributed by atoms with Gasteiger partial charge in [-0.1, -0.05) is 30.3 Å². The number of aliphatic hydroxyl groups excluding tert-OH is 2. The Morgan fingerprint density at radius 2 is 1.94 bits per heavy atom. The molecule has 2 aliphatic heterocycles. The van der Waals surface area contributed by atoms with Gasteiger partial charge in [-0.25, -0.2) is 8.78 Å². The van der Waals surface area contributed by atoms with Crippen LogP contribution in [0.1, 0.15) is 60.9 Å². The van der Waals surface area contributed by atoms with E-state index in [1.165, 1.54) is 0 Å². The highest BCUT2D eigenvalue weighted by molar-refractivity contribution is 5.94. The summed E-state index contributed by atoms with van der Waals surface area (Å²) in [7, 11) is 0. The standard InChI is InChI=1S/C25H29F2NO4/c1-24-14-17(16-5-3-2-4-6-16)15-25(32-24,11-12-29)10-9-21(22(24)30)28-23(31)19-8-7-18(26)13-20(19)27/h2-8,13,17,21-22,29-30H,9-12,14-15H2,1H3,(H,28,31)/t17-,21-,22+,24+,25-/m1/s1. The molecule has 4 rings (SSSR count). The van der Waals surface area contributed by atoms with E-state index in [1.807, 2.05) is 25.1 Å². The number of nitrogens with one attached hydrogen (secondary N) is 1. The number of carbonyl (C=O) groups excluding carboxylic acids is 1. The first-order valence-electron chi connectivity index (χ1n) is 11.1. The van der Waals surface area contributed by atoms with E-state index in [0.29, 0.717) is 38.2 Å². The van der Waals surface area contributed by atoms with Gasteiger partial charge in [0.2, 0.25) is 0 Å². The fourth-order valence-corrected chi connectivity index (χ4v) is 5.44. The van der Waals surface area contributed by atoms with Gasteiger partial charge >= 0.3 is 0 Å². The Labute approximate surface area is 186 Å². The number of amides is 1. The molecule has 5 nitrogen and oxygen atoms in total. The lowest BCUT2D eigenvalue weighted by Gasteiger charge is -2.50. The van der Waals surface area contributed by atoms with Crippen LogP contribution in [0.4, 0.5) is 8.78 Å². The zero-order valence-corrected chi connectivity index (χ0v) is 18.1. The van der Waals surface area contributed by atoms with Crippen LogP contribution in [0.15, 0.2) is 48.5 Å². The molecule has 0 aliphatic carbocycles. The average Bonchev–Trinajstić information content (AvgIpc) is 2.82. The van der Waals surface area contributed by atoms with E-state index in [9.17, 15) is 23.8 Å². The molecule has 0 unspecified atom stereocenters. The summed E-state index contributed by atoms with van der Waals surface area (Å²) in [5, 5.41) is 23.8. The van der Waals surface area contributed by atoms with Gasteiger partial charge in [0.15, 0.2) is 0 Å². The molecule has 0 aromatic heterocycles. The first kappa shape index (κ1) is 22.8. The third-order valence-electron chi connectivity index (χ3n) is 6.97. The maximum atomic E-state index is 14.1. The van der Waals surface area contributed by atoms with Gasteiger partial charge in [-0.2, -0.15) is 0 Å². The summed E-state index contributed by atoms with van der Waals surface area (Å²) in [5.74, 6) is -2.29. The first-order valence-corrected chi connectivity index (χ1v) is 11.1. The fourth-order valence-electron chi connectivity index (χ4n) is 5.44. The van der Waals surface area contributed by atoms with E-state index in [4.69, 9.17) is 4.74 Å². The third-order valence-corrected chi connectivity index (χ3v) is 6.97. The van der Waals surface area contributed by atoms with Gasteiger partial charge in [0.1, 0.15) is 17.7 Å². The van der Waals surface area contributed by atoms with E-state index in [-0.39, 0.29) is 18.1 Å². The molecule has 2 aliphatic rings. The predicted molar refractivity (Wildman–Crippen MR) is 115 cm³/mol. The van der Waals surface area contributed by atoms with Crippen LogP contribution in [0.2, 0.25) is 0 Å². The van der Waals surface area contributed by atoms with Gasteiger partial charge in [0.25, 0.3) is 5.91 Å². The van der Waals surface area contributed by atoms with E-state index in [0.717, 1.165) is 17.7 Å². The molecule has 0 spiro atoms. The lowest BCUT2D eigenvalue weighted by atomic mass is 9.73. The van der Waals surface area contributed by atoms with Crippen molar-refractivity contribution >= 4 is 5.91 Å². The largest absolute Gasteiger partial charge is 0.396 e. The monoisotopic (exact) mass is 445 g/mol. The second kappa shape index (κ2) is 8.89. The summed E-state index contributed by atoms with van der Waals surface area (Å²) in [6, 6.07) is 12.1. The number of halogens is 2. The van der Waals surface area contributed by atoms with Crippen LogP contribution in [0.3, 0.4) is 0 Å². The molecule has 172 valence electrons. The number of fused-ring (bicyclic) bond motifs is 2. The molecule has 2 fully saturated rings. The van der Waals surface area contributed by atoms with Gasteiger partial charge in [0, 0.05) is 12.7 Å². The number of carbonyl (C=O) groups is 1. The van der Waals surface area contributed by atoms with E-state index < -0.39 is 40.9 Å². The van der Waals surface area contributed by atoms with Crippen LogP contribution in [0.25, 0.3) is 0 Å². The van der Waals surface area contributed by atoms with Crippen molar-refractivity contribution in [3.8, 4) is 0 Å². The molecule has 2 saturated heterocycles. The Hall–Kier alpha value is -2.35. The van der Waals surface area contributed by atoms with Crippen LogP contribution >= 0.6 is 0 Å². The highest BCUT2D eigenvalue weighted by Crippen LogP contribution is 2.51. The SMILES string of the molecule is C[C@]12C[C@@H](c3ccccc3)C[C@](CCO)(CC[C@@H](NC(=O)c3ccc(F)cc3F)[C@@H]1O)O2. The summed E-state index contributed by atoms with van der Waals surface area (Å²) in [6.45, 7) is 1.79. The van der Waals surface area contributed by atoms with Crippen molar-refractivity contribution in [3.05, 3.63) is 71.3 Å². The maximum absolute atomic E-state index is 14.1. The van der Waals surface area contributed by atoms with Gasteiger partial charge < -0.3 is 20.3 Å². The van der Waals surface area contributed by atoms with Crippen molar-refractivity contribution < 1.29 is 28.5 Å². The number of hydrogen-bond acceptors (Lipinski definition) is 4. The highest BCUT2D eigenvalue weighted by Gasteiger charge is 2.54. The lowest BCUT2D eigenvalue weighted by Crippen LogP contribution is -2.58. The molecule has 2 aromatic carbocycles. The molecule has 2 heterocycles. The lowest BCUT2D eigenvalue weighted by molar-refractivity contribution is -0.223. The molecular formula is C25H29F2NO4. The second-order valence-electron chi connectivity index (χ2n) is 9.27. The highest BCUT2D eigenvalue weighted by atomic mass is 19.1. The third kappa shape index (κ3) is 4.42. The normalized spacial score (nSPS) is 32.2. The van der Waals surface area contributed by atoms with Crippen molar-refractivity contribution in [2.45, 2.75) is 68.3 Å². The number of benzene rings is 2. The Morgan fingerprint density at radius 3 is 2.62 bits per heavy atom. The fraction of sp³-hybridized carbons (Fsp3) is 0.480. The smallest absolute Gasteiger partial charge is 0.254 e. The first-order chi connectivity index (χ1) is 15.3. The molecule has 2 bridgehead atoms. The van der Waals surface area contributed by atoms with Crippen LogP contribution in [0.5, 0.6) is 0 Å². The van der Waals surface area contributed by atoms with E-state index >= 15 is 0 Å². The second-order valence-corrected chi connectivity index (χ2v) is 9.27. The van der Waals surface area contributed by atoms with Crippen molar-refractivity contribution in [1.82, 2.24) is 5.32 Å². The van der Waals surface area contributed by atoms with Crippen LogP contribution in [-0.4, -0.2) is 46.1 Å². The van der Waals surface area contributed by atoms with Crippen molar-refractivity contribution in [1.29, 1.82) is 0 Å². The van der Waals surface area contributed by atoms with Crippen molar-refractivity contribution in [2.24, 2.45) is 0 Å². The van der Waals surface area contributed by atoms with Crippen molar-refractivity contribution in [3.63, 3.8) is 0 Å². The van der Waals surface area contributed by atoms with Crippen LogP contribution in [0, 0.1) is 11.6 Å². The molecule has 2 aromatic rings. The zero-order valence-electron chi connectivity index (χ0n) is 18.1. The average molecular weight is 446 g/mol. The van der Waals surface area contributed by atoms with Crippen molar-refractivity contribution in [2.75, 3.05) is 6.61 Å². The minimum atomic E-state index is -1.04. The Balaban J connectivity index is 1.61. The quantitative estimate of drug-likeness (QED) is 0.656. The Kier molecular flexibility index (Phi) is 6.34. The number of aliphatic hydroxyl groups is 2. The molecular weight excluding hydrogens is 416 g/mol. The number of hydrogen-bond donors (Lipinski definition) is 3. The number of rotatable bonds is 5. The topological polar surface area (TPSA) is 78.8 Å².